The average molecular weight is 254 g/mol. The van der Waals surface area contributed by atoms with Crippen molar-refractivity contribution in [3.63, 3.8) is 0 Å². The Morgan fingerprint density at radius 3 is 2.72 bits per heavy atom. The van der Waals surface area contributed by atoms with Crippen LogP contribution in [-0.2, 0) is 0 Å². The van der Waals surface area contributed by atoms with E-state index in [0.717, 1.165) is 26.4 Å². The molecule has 0 aliphatic heterocycles. The predicted molar refractivity (Wildman–Crippen MR) is 72.3 cm³/mol. The molecular formula is C13H10N4S. The number of hydrogen-bond donors (Lipinski definition) is 1. The molecule has 0 amide bonds. The summed E-state index contributed by atoms with van der Waals surface area (Å²) in [6.07, 6.45) is 6.81. The van der Waals surface area contributed by atoms with Gasteiger partial charge in [-0.25, -0.2) is 9.97 Å². The molecule has 88 valence electrons. The first kappa shape index (κ1) is 11.0. The van der Waals surface area contributed by atoms with Crippen molar-refractivity contribution in [1.29, 1.82) is 0 Å². The summed E-state index contributed by atoms with van der Waals surface area (Å²) in [4.78, 5) is 13.2. The van der Waals surface area contributed by atoms with Gasteiger partial charge in [0.1, 0.15) is 11.4 Å². The molecule has 0 atom stereocenters. The van der Waals surface area contributed by atoms with Crippen LogP contribution in [0.5, 0.6) is 0 Å². The normalized spacial score (nSPS) is 10.7. The molecule has 0 spiro atoms. The highest BCUT2D eigenvalue weighted by molar-refractivity contribution is 7.99. The van der Waals surface area contributed by atoms with Crippen LogP contribution in [0.2, 0.25) is 0 Å². The monoisotopic (exact) mass is 254 g/mol. The van der Waals surface area contributed by atoms with Gasteiger partial charge in [0, 0.05) is 34.3 Å². The first-order valence-corrected chi connectivity index (χ1v) is 6.22. The van der Waals surface area contributed by atoms with Crippen molar-refractivity contribution < 1.29 is 0 Å². The van der Waals surface area contributed by atoms with Crippen molar-refractivity contribution in [3.05, 3.63) is 49.2 Å². The van der Waals surface area contributed by atoms with E-state index in [4.69, 9.17) is 5.73 Å². The average Bonchev–Trinajstić information content (AvgIpc) is 2.43. The number of aromatic nitrogens is 3. The Morgan fingerprint density at radius 1 is 1.00 bits per heavy atom. The summed E-state index contributed by atoms with van der Waals surface area (Å²) in [5.41, 5.74) is 6.94. The largest absolute Gasteiger partial charge is 0.397 e. The van der Waals surface area contributed by atoms with Crippen LogP contribution in [0.4, 0.5) is 5.69 Å². The van der Waals surface area contributed by atoms with Crippen LogP contribution >= 0.6 is 11.8 Å². The topological polar surface area (TPSA) is 64.7 Å². The van der Waals surface area contributed by atoms with Crippen molar-refractivity contribution in [3.8, 4) is 0 Å². The van der Waals surface area contributed by atoms with E-state index in [9.17, 15) is 0 Å². The van der Waals surface area contributed by atoms with Gasteiger partial charge in [-0.05, 0) is 18.2 Å². The van der Waals surface area contributed by atoms with Crippen molar-refractivity contribution in [2.24, 2.45) is 0 Å². The lowest BCUT2D eigenvalue weighted by Gasteiger charge is -2.07. The van der Waals surface area contributed by atoms with Gasteiger partial charge >= 0.3 is 0 Å². The Morgan fingerprint density at radius 2 is 1.89 bits per heavy atom. The number of hydrogen-bond acceptors (Lipinski definition) is 5. The third kappa shape index (κ3) is 2.00. The number of nitrogens with zero attached hydrogens (tertiary/aromatic N) is 3. The first-order valence-electron chi connectivity index (χ1n) is 5.40. The van der Waals surface area contributed by atoms with Gasteiger partial charge in [0.25, 0.3) is 0 Å². The van der Waals surface area contributed by atoms with Crippen LogP contribution in [0.15, 0.2) is 59.1 Å². The van der Waals surface area contributed by atoms with Crippen molar-refractivity contribution in [2.45, 2.75) is 9.92 Å². The Labute approximate surface area is 108 Å². The second-order valence-corrected chi connectivity index (χ2v) is 4.79. The Kier molecular flexibility index (Phi) is 2.82. The van der Waals surface area contributed by atoms with Crippen LogP contribution in [0.1, 0.15) is 0 Å². The molecular weight excluding hydrogens is 244 g/mol. The van der Waals surface area contributed by atoms with Gasteiger partial charge in [0.15, 0.2) is 0 Å². The molecule has 0 fully saturated rings. The maximum Gasteiger partial charge on any atom is 0.116 e. The molecule has 0 aliphatic rings. The summed E-state index contributed by atoms with van der Waals surface area (Å²) < 4.78 is 0. The van der Waals surface area contributed by atoms with E-state index in [-0.39, 0.29) is 0 Å². The standard InChI is InChI=1S/C13H10N4S/c14-13-10-3-5-15-7-9(10)1-2-11(13)18-12-4-6-16-8-17-12/h1-8H,14H2. The fraction of sp³-hybridized carbons (Fsp3) is 0. The minimum atomic E-state index is 0.763. The smallest absolute Gasteiger partial charge is 0.116 e. The summed E-state index contributed by atoms with van der Waals surface area (Å²) in [5.74, 6) is 0. The number of fused-ring (bicyclic) bond motifs is 1. The number of pyridine rings is 1. The molecule has 2 N–H and O–H groups in total. The zero-order chi connectivity index (χ0) is 12.4. The molecule has 0 bridgehead atoms. The van der Waals surface area contributed by atoms with Crippen molar-refractivity contribution >= 4 is 28.2 Å². The lowest BCUT2D eigenvalue weighted by Crippen LogP contribution is -1.91. The van der Waals surface area contributed by atoms with Crippen LogP contribution in [-0.4, -0.2) is 15.0 Å². The van der Waals surface area contributed by atoms with Gasteiger partial charge in [-0.3, -0.25) is 4.98 Å². The third-order valence-corrected chi connectivity index (χ3v) is 3.62. The van der Waals surface area contributed by atoms with E-state index < -0.39 is 0 Å². The zero-order valence-corrected chi connectivity index (χ0v) is 10.3. The molecule has 0 aliphatic carbocycles. The van der Waals surface area contributed by atoms with Gasteiger partial charge in [-0.15, -0.1) is 0 Å². The molecule has 4 nitrogen and oxygen atoms in total. The minimum absolute atomic E-state index is 0.763. The van der Waals surface area contributed by atoms with Crippen LogP contribution in [0.25, 0.3) is 10.8 Å². The second-order valence-electron chi connectivity index (χ2n) is 3.72. The minimum Gasteiger partial charge on any atom is -0.397 e. The predicted octanol–water partition coefficient (Wildman–Crippen LogP) is 2.76. The molecule has 2 aromatic heterocycles. The molecule has 2 heterocycles. The number of nitrogens with two attached hydrogens (primary N) is 1. The molecule has 1 aromatic carbocycles. The zero-order valence-electron chi connectivity index (χ0n) is 9.45. The molecule has 0 saturated heterocycles. The molecule has 5 heteroatoms. The molecule has 0 radical (unpaired) electrons. The van der Waals surface area contributed by atoms with Gasteiger partial charge < -0.3 is 5.73 Å². The summed E-state index contributed by atoms with van der Waals surface area (Å²) >= 11 is 1.53. The van der Waals surface area contributed by atoms with E-state index in [2.05, 4.69) is 15.0 Å². The van der Waals surface area contributed by atoms with Crippen LogP contribution < -0.4 is 5.73 Å². The summed E-state index contributed by atoms with van der Waals surface area (Å²) in [7, 11) is 0. The molecule has 0 unspecified atom stereocenters. The maximum atomic E-state index is 6.17. The van der Waals surface area contributed by atoms with E-state index in [1.54, 1.807) is 12.4 Å². The number of nitrogen functional groups attached to an aromatic ring is 1. The second kappa shape index (κ2) is 4.62. The van der Waals surface area contributed by atoms with E-state index in [1.165, 1.54) is 18.1 Å². The Hall–Kier alpha value is -2.14. The van der Waals surface area contributed by atoms with Crippen molar-refractivity contribution in [2.75, 3.05) is 5.73 Å². The lowest BCUT2D eigenvalue weighted by atomic mass is 10.1. The number of anilines is 1. The van der Waals surface area contributed by atoms with E-state index in [1.807, 2.05) is 30.5 Å². The van der Waals surface area contributed by atoms with Gasteiger partial charge in [0.05, 0.1) is 5.69 Å². The van der Waals surface area contributed by atoms with E-state index in [0.29, 0.717) is 0 Å². The highest BCUT2D eigenvalue weighted by Gasteiger charge is 2.06. The highest BCUT2D eigenvalue weighted by atomic mass is 32.2. The highest BCUT2D eigenvalue weighted by Crippen LogP contribution is 2.34. The molecule has 0 saturated carbocycles. The number of rotatable bonds is 2. The molecule has 18 heavy (non-hydrogen) atoms. The SMILES string of the molecule is Nc1c(Sc2ccncn2)ccc2cnccc12. The van der Waals surface area contributed by atoms with Crippen LogP contribution in [0.3, 0.4) is 0 Å². The fourth-order valence-electron chi connectivity index (χ4n) is 1.71. The lowest BCUT2D eigenvalue weighted by molar-refractivity contribution is 1.05. The Bertz CT molecular complexity index is 685. The molecule has 3 aromatic rings. The van der Waals surface area contributed by atoms with Crippen LogP contribution in [0, 0.1) is 0 Å². The third-order valence-electron chi connectivity index (χ3n) is 2.59. The summed E-state index contributed by atoms with van der Waals surface area (Å²) in [6, 6.07) is 7.80. The van der Waals surface area contributed by atoms with Gasteiger partial charge in [-0.2, -0.15) is 0 Å². The summed E-state index contributed by atoms with van der Waals surface area (Å²) in [6.45, 7) is 0. The van der Waals surface area contributed by atoms with Gasteiger partial charge in [-0.1, -0.05) is 17.8 Å². The quantitative estimate of drug-likeness (QED) is 0.562. The maximum absolute atomic E-state index is 6.17. The first-order chi connectivity index (χ1) is 8.84. The van der Waals surface area contributed by atoms with Crippen molar-refractivity contribution in [1.82, 2.24) is 15.0 Å². The van der Waals surface area contributed by atoms with Gasteiger partial charge in [0.2, 0.25) is 0 Å². The summed E-state index contributed by atoms with van der Waals surface area (Å²) in [5, 5.41) is 2.94. The molecule has 3 rings (SSSR count). The number of benzene rings is 1. The fourth-order valence-corrected chi connectivity index (χ4v) is 2.52. The van der Waals surface area contributed by atoms with E-state index >= 15 is 0 Å². The Balaban J connectivity index is 2.05.